The highest BCUT2D eigenvalue weighted by molar-refractivity contribution is 5.37. The molecular formula is C15H11F5N6O. The van der Waals surface area contributed by atoms with Gasteiger partial charge in [-0.15, -0.1) is 5.10 Å². The molecule has 0 bridgehead atoms. The predicted octanol–water partition coefficient (Wildman–Crippen LogP) is 2.98. The molecule has 0 aliphatic carbocycles. The van der Waals surface area contributed by atoms with Gasteiger partial charge in [-0.2, -0.15) is 18.2 Å². The molecule has 12 heteroatoms. The maximum atomic E-state index is 13.4. The van der Waals surface area contributed by atoms with Gasteiger partial charge in [0.05, 0.1) is 23.6 Å². The van der Waals surface area contributed by atoms with Gasteiger partial charge in [0.25, 0.3) is 0 Å². The van der Waals surface area contributed by atoms with E-state index in [-0.39, 0.29) is 29.8 Å². The Hall–Kier alpha value is -3.31. The second-order valence-corrected chi connectivity index (χ2v) is 5.20. The molecule has 0 atom stereocenters. The van der Waals surface area contributed by atoms with E-state index >= 15 is 0 Å². The molecule has 0 saturated heterocycles. The zero-order valence-electron chi connectivity index (χ0n) is 13.6. The van der Waals surface area contributed by atoms with E-state index in [1.54, 1.807) is 0 Å². The van der Waals surface area contributed by atoms with Gasteiger partial charge in [-0.3, -0.25) is 0 Å². The van der Waals surface area contributed by atoms with Gasteiger partial charge < -0.3 is 10.1 Å². The van der Waals surface area contributed by atoms with Gasteiger partial charge in [-0.25, -0.2) is 18.4 Å². The highest BCUT2D eigenvalue weighted by atomic mass is 19.4. The minimum Gasteiger partial charge on any atom is -0.457 e. The molecular weight excluding hydrogens is 375 g/mol. The molecule has 142 valence electrons. The first-order valence-electron chi connectivity index (χ1n) is 7.39. The number of alkyl halides is 3. The molecule has 0 unspecified atom stereocenters. The Kier molecular flexibility index (Phi) is 4.88. The van der Waals surface area contributed by atoms with E-state index in [0.717, 1.165) is 16.9 Å². The normalized spacial score (nSPS) is 11.5. The highest BCUT2D eigenvalue weighted by Gasteiger charge is 2.34. The lowest BCUT2D eigenvalue weighted by molar-refractivity contribution is -0.140. The molecule has 0 spiro atoms. The number of hydrogen-bond donors (Lipinski definition) is 1. The van der Waals surface area contributed by atoms with Crippen molar-refractivity contribution in [1.29, 1.82) is 0 Å². The molecule has 7 nitrogen and oxygen atoms in total. The van der Waals surface area contributed by atoms with Crippen molar-refractivity contribution < 1.29 is 26.7 Å². The second-order valence-electron chi connectivity index (χ2n) is 5.20. The van der Waals surface area contributed by atoms with E-state index in [1.807, 2.05) is 0 Å². The summed E-state index contributed by atoms with van der Waals surface area (Å²) in [5, 5.41) is 9.95. The summed E-state index contributed by atoms with van der Waals surface area (Å²) in [5.74, 6) is -2.11. The van der Waals surface area contributed by atoms with Gasteiger partial charge in [0.15, 0.2) is 11.6 Å². The molecule has 1 aromatic carbocycles. The van der Waals surface area contributed by atoms with Crippen molar-refractivity contribution in [3.63, 3.8) is 0 Å². The van der Waals surface area contributed by atoms with E-state index in [2.05, 4.69) is 25.6 Å². The van der Waals surface area contributed by atoms with Crippen molar-refractivity contribution in [2.75, 3.05) is 12.4 Å². The molecule has 0 fully saturated rings. The number of nitrogens with one attached hydrogen (secondary N) is 1. The van der Waals surface area contributed by atoms with Crippen LogP contribution >= 0.6 is 0 Å². The number of aromatic nitrogens is 5. The molecule has 3 rings (SSSR count). The Morgan fingerprint density at radius 1 is 1.19 bits per heavy atom. The molecule has 0 radical (unpaired) electrons. The molecule has 27 heavy (non-hydrogen) atoms. The summed E-state index contributed by atoms with van der Waals surface area (Å²) in [5.41, 5.74) is -1.20. The summed E-state index contributed by atoms with van der Waals surface area (Å²) in [6.07, 6.45) is -2.62. The van der Waals surface area contributed by atoms with Crippen LogP contribution in [0.15, 0.2) is 30.6 Å². The van der Waals surface area contributed by atoms with Crippen molar-refractivity contribution in [3.05, 3.63) is 53.5 Å². The Morgan fingerprint density at radius 3 is 2.67 bits per heavy atom. The van der Waals surface area contributed by atoms with Gasteiger partial charge in [-0.05, 0) is 18.2 Å². The molecule has 0 saturated carbocycles. The first-order chi connectivity index (χ1) is 12.8. The van der Waals surface area contributed by atoms with Crippen molar-refractivity contribution in [3.8, 4) is 11.7 Å². The fraction of sp³-hybridized carbons (Fsp3) is 0.200. The van der Waals surface area contributed by atoms with Gasteiger partial charge in [0.1, 0.15) is 18.1 Å². The largest absolute Gasteiger partial charge is 0.457 e. The van der Waals surface area contributed by atoms with E-state index in [1.165, 1.54) is 13.2 Å². The molecule has 0 amide bonds. The van der Waals surface area contributed by atoms with Crippen molar-refractivity contribution >= 4 is 5.82 Å². The lowest BCUT2D eigenvalue weighted by Crippen LogP contribution is -2.09. The summed E-state index contributed by atoms with van der Waals surface area (Å²) in [6.45, 7) is -0.165. The smallest absolute Gasteiger partial charge is 0.419 e. The van der Waals surface area contributed by atoms with Crippen molar-refractivity contribution in [2.45, 2.75) is 12.8 Å². The van der Waals surface area contributed by atoms with Crippen LogP contribution in [0.4, 0.5) is 27.8 Å². The number of nitrogens with zero attached hydrogens (tertiary/aromatic N) is 5. The number of rotatable bonds is 5. The van der Waals surface area contributed by atoms with Crippen LogP contribution < -0.4 is 10.1 Å². The van der Waals surface area contributed by atoms with Crippen LogP contribution in [0, 0.1) is 11.6 Å². The standard InChI is InChI=1S/C15H11F5N6O/c1-21-13-12(17)5-22-14(23-13)27-7-8-6-26(25-24-8)9-2-3-11(16)10(4-9)15(18,19)20/h2-6H,7H2,1H3,(H,21,22,23). The quantitative estimate of drug-likeness (QED) is 0.680. The first-order valence-corrected chi connectivity index (χ1v) is 7.39. The number of hydrogen-bond acceptors (Lipinski definition) is 6. The molecule has 2 aromatic heterocycles. The minimum absolute atomic E-state index is 0.0297. The van der Waals surface area contributed by atoms with E-state index in [0.29, 0.717) is 12.1 Å². The van der Waals surface area contributed by atoms with E-state index < -0.39 is 23.4 Å². The highest BCUT2D eigenvalue weighted by Crippen LogP contribution is 2.32. The number of benzene rings is 1. The van der Waals surface area contributed by atoms with Gasteiger partial charge >= 0.3 is 12.2 Å². The SMILES string of the molecule is CNc1nc(OCc2cn(-c3ccc(F)c(C(F)(F)F)c3)nn2)ncc1F. The third-order valence-electron chi connectivity index (χ3n) is 3.37. The molecule has 0 aliphatic heterocycles. The lowest BCUT2D eigenvalue weighted by atomic mass is 10.2. The fourth-order valence-electron chi connectivity index (χ4n) is 2.10. The second kappa shape index (κ2) is 7.13. The maximum Gasteiger partial charge on any atom is 0.419 e. The van der Waals surface area contributed by atoms with Gasteiger partial charge in [-0.1, -0.05) is 5.21 Å². The first kappa shape index (κ1) is 18.5. The van der Waals surface area contributed by atoms with Crippen LogP contribution in [0.5, 0.6) is 6.01 Å². The lowest BCUT2D eigenvalue weighted by Gasteiger charge is -2.09. The minimum atomic E-state index is -4.84. The van der Waals surface area contributed by atoms with Crippen LogP contribution in [0.3, 0.4) is 0 Å². The zero-order chi connectivity index (χ0) is 19.6. The third kappa shape index (κ3) is 4.10. The average Bonchev–Trinajstić information content (AvgIpc) is 3.09. The Balaban J connectivity index is 1.76. The zero-order valence-corrected chi connectivity index (χ0v) is 13.6. The molecule has 0 aliphatic rings. The maximum absolute atomic E-state index is 13.4. The monoisotopic (exact) mass is 386 g/mol. The summed E-state index contributed by atoms with van der Waals surface area (Å²) < 4.78 is 71.3. The van der Waals surface area contributed by atoms with E-state index in [9.17, 15) is 22.0 Å². The van der Waals surface area contributed by atoms with Crippen LogP contribution in [-0.2, 0) is 12.8 Å². The predicted molar refractivity (Wildman–Crippen MR) is 82.2 cm³/mol. The fourth-order valence-corrected chi connectivity index (χ4v) is 2.10. The number of halogens is 5. The van der Waals surface area contributed by atoms with Crippen LogP contribution in [0.2, 0.25) is 0 Å². The number of ether oxygens (including phenoxy) is 1. The molecule has 2 heterocycles. The summed E-state index contributed by atoms with van der Waals surface area (Å²) in [6, 6.07) is 2.32. The van der Waals surface area contributed by atoms with Crippen LogP contribution in [0.1, 0.15) is 11.3 Å². The van der Waals surface area contributed by atoms with Crippen molar-refractivity contribution in [1.82, 2.24) is 25.0 Å². The Bertz CT molecular complexity index is 958. The summed E-state index contributed by atoms with van der Waals surface area (Å²) >= 11 is 0. The average molecular weight is 386 g/mol. The van der Waals surface area contributed by atoms with Crippen LogP contribution in [0.25, 0.3) is 5.69 Å². The van der Waals surface area contributed by atoms with Gasteiger partial charge in [0.2, 0.25) is 0 Å². The summed E-state index contributed by atoms with van der Waals surface area (Å²) in [7, 11) is 1.47. The van der Waals surface area contributed by atoms with Crippen molar-refractivity contribution in [2.24, 2.45) is 0 Å². The third-order valence-corrected chi connectivity index (χ3v) is 3.37. The molecule has 1 N–H and O–H groups in total. The van der Waals surface area contributed by atoms with Crippen LogP contribution in [-0.4, -0.2) is 32.0 Å². The Morgan fingerprint density at radius 2 is 1.96 bits per heavy atom. The topological polar surface area (TPSA) is 77.8 Å². The summed E-state index contributed by atoms with van der Waals surface area (Å²) in [4.78, 5) is 7.42. The number of anilines is 1. The van der Waals surface area contributed by atoms with E-state index in [4.69, 9.17) is 4.74 Å². The Labute approximate surface area is 148 Å². The molecule has 3 aromatic rings. The van der Waals surface area contributed by atoms with Gasteiger partial charge in [0, 0.05) is 7.05 Å².